The van der Waals surface area contributed by atoms with Crippen molar-refractivity contribution in [1.29, 1.82) is 0 Å². The van der Waals surface area contributed by atoms with Crippen molar-refractivity contribution in [3.05, 3.63) is 199 Å². The summed E-state index contributed by atoms with van der Waals surface area (Å²) in [5.41, 5.74) is 17.6. The van der Waals surface area contributed by atoms with Gasteiger partial charge in [0.2, 0.25) is 0 Å². The monoisotopic (exact) mass is 679 g/mol. The number of hydrogen-bond acceptors (Lipinski definition) is 2. The maximum Gasteiger partial charge on any atom is 0.137 e. The van der Waals surface area contributed by atoms with Crippen molar-refractivity contribution in [2.24, 2.45) is 0 Å². The molecule has 0 bridgehead atoms. The van der Waals surface area contributed by atoms with E-state index in [4.69, 9.17) is 4.74 Å². The highest BCUT2D eigenvalue weighted by Crippen LogP contribution is 2.56. The molecule has 0 aromatic heterocycles. The van der Waals surface area contributed by atoms with Crippen molar-refractivity contribution in [2.75, 3.05) is 4.90 Å². The Hall–Kier alpha value is -6.64. The Morgan fingerprint density at radius 1 is 0.377 bits per heavy atom. The Balaban J connectivity index is 1.23. The van der Waals surface area contributed by atoms with Gasteiger partial charge in [-0.3, -0.25) is 0 Å². The number of fused-ring (bicyclic) bond motifs is 8. The lowest BCUT2D eigenvalue weighted by molar-refractivity contribution is 0.488. The van der Waals surface area contributed by atoms with Gasteiger partial charge in [-0.25, -0.2) is 0 Å². The van der Waals surface area contributed by atoms with E-state index in [2.05, 4.69) is 207 Å². The molecule has 10 rings (SSSR count). The normalized spacial score (nSPS) is 13.0. The lowest BCUT2D eigenvalue weighted by Crippen LogP contribution is -2.17. The zero-order chi connectivity index (χ0) is 35.5. The van der Waals surface area contributed by atoms with E-state index in [1.54, 1.807) is 0 Å². The van der Waals surface area contributed by atoms with E-state index in [-0.39, 0.29) is 5.41 Å². The smallest absolute Gasteiger partial charge is 0.137 e. The van der Waals surface area contributed by atoms with E-state index in [0.29, 0.717) is 0 Å². The zero-order valence-electron chi connectivity index (χ0n) is 29.8. The highest BCUT2D eigenvalue weighted by Gasteiger charge is 2.36. The summed E-state index contributed by atoms with van der Waals surface area (Å²) >= 11 is 0. The summed E-state index contributed by atoms with van der Waals surface area (Å²) in [5.74, 6) is 1.68. The molecule has 1 aliphatic carbocycles. The van der Waals surface area contributed by atoms with Crippen LogP contribution in [0.4, 0.5) is 17.1 Å². The molecule has 0 radical (unpaired) electrons. The summed E-state index contributed by atoms with van der Waals surface area (Å²) in [4.78, 5) is 2.42. The van der Waals surface area contributed by atoms with Crippen molar-refractivity contribution in [1.82, 2.24) is 0 Å². The van der Waals surface area contributed by atoms with Gasteiger partial charge in [0.25, 0.3) is 0 Å². The minimum atomic E-state index is -0.139. The van der Waals surface area contributed by atoms with Crippen LogP contribution in [0, 0.1) is 0 Å². The Kier molecular flexibility index (Phi) is 7.19. The summed E-state index contributed by atoms with van der Waals surface area (Å²) in [6.07, 6.45) is 0. The molecule has 0 spiro atoms. The van der Waals surface area contributed by atoms with Gasteiger partial charge < -0.3 is 9.64 Å². The number of benzene rings is 8. The minimum Gasteiger partial charge on any atom is -0.456 e. The second kappa shape index (κ2) is 12.3. The van der Waals surface area contributed by atoms with E-state index in [1.165, 1.54) is 50.1 Å². The molecule has 2 aliphatic rings. The van der Waals surface area contributed by atoms with Gasteiger partial charge in [0.1, 0.15) is 11.5 Å². The van der Waals surface area contributed by atoms with Crippen LogP contribution in [0.3, 0.4) is 0 Å². The maximum absolute atomic E-state index is 6.94. The third-order valence-electron chi connectivity index (χ3n) is 11.1. The highest BCUT2D eigenvalue weighted by atomic mass is 16.5. The van der Waals surface area contributed by atoms with Crippen LogP contribution in [-0.4, -0.2) is 0 Å². The molecule has 8 aromatic carbocycles. The molecule has 2 heteroatoms. The van der Waals surface area contributed by atoms with Crippen LogP contribution in [0.25, 0.3) is 55.6 Å². The molecule has 0 amide bonds. The molecule has 2 nitrogen and oxygen atoms in total. The summed E-state index contributed by atoms with van der Waals surface area (Å²) in [5, 5.41) is 0. The standard InChI is InChI=1S/C51H37NO/c1-51(2)44-23-11-9-19-40(44)41-32-31-38(33-45(41)51)52(37-29-27-35(28-30-37)34-15-5-3-6-16-34)46-24-14-26-48-50(46)43-22-13-21-39(36-17-7-4-8-18-36)49(43)42-20-10-12-25-47(42)53-48/h3-33H,1-2H3. The first-order chi connectivity index (χ1) is 26.1. The van der Waals surface area contributed by atoms with Crippen molar-refractivity contribution in [2.45, 2.75) is 19.3 Å². The summed E-state index contributed by atoms with van der Waals surface area (Å²) in [7, 11) is 0. The van der Waals surface area contributed by atoms with Gasteiger partial charge in [-0.05, 0) is 92.5 Å². The zero-order valence-corrected chi connectivity index (χ0v) is 29.8. The van der Waals surface area contributed by atoms with E-state index in [9.17, 15) is 0 Å². The van der Waals surface area contributed by atoms with Crippen molar-refractivity contribution in [3.63, 3.8) is 0 Å². The molecule has 53 heavy (non-hydrogen) atoms. The van der Waals surface area contributed by atoms with Crippen LogP contribution in [0.1, 0.15) is 25.0 Å². The van der Waals surface area contributed by atoms with Gasteiger partial charge in [-0.2, -0.15) is 0 Å². The molecule has 0 unspecified atom stereocenters. The number of para-hydroxylation sites is 1. The first-order valence-corrected chi connectivity index (χ1v) is 18.4. The number of anilines is 3. The predicted octanol–water partition coefficient (Wildman–Crippen LogP) is 14.2. The van der Waals surface area contributed by atoms with E-state index in [1.807, 2.05) is 0 Å². The van der Waals surface area contributed by atoms with E-state index >= 15 is 0 Å². The second-order valence-corrected chi connectivity index (χ2v) is 14.5. The fourth-order valence-electron chi connectivity index (χ4n) is 8.54. The topological polar surface area (TPSA) is 12.5 Å². The molecule has 0 N–H and O–H groups in total. The Bertz CT molecular complexity index is 2660. The van der Waals surface area contributed by atoms with Crippen molar-refractivity contribution >= 4 is 17.1 Å². The fraction of sp³-hybridized carbons (Fsp3) is 0.0588. The predicted molar refractivity (Wildman–Crippen MR) is 221 cm³/mol. The van der Waals surface area contributed by atoms with Crippen LogP contribution in [0.5, 0.6) is 11.5 Å². The SMILES string of the molecule is CC1(C)c2ccccc2-c2ccc(N(c3ccc(-c4ccccc4)cc3)c3cccc4c3-c3cccc(-c5ccccc5)c3-c3ccccc3O4)cc21. The van der Waals surface area contributed by atoms with Crippen LogP contribution in [0.15, 0.2) is 188 Å². The molecular weight excluding hydrogens is 643 g/mol. The minimum absolute atomic E-state index is 0.139. The van der Waals surface area contributed by atoms with Crippen molar-refractivity contribution in [3.8, 4) is 67.1 Å². The first-order valence-electron chi connectivity index (χ1n) is 18.4. The summed E-state index contributed by atoms with van der Waals surface area (Å²) in [6, 6.07) is 67.7. The maximum atomic E-state index is 6.94. The van der Waals surface area contributed by atoms with Crippen molar-refractivity contribution < 1.29 is 4.74 Å². The average molecular weight is 680 g/mol. The quantitative estimate of drug-likeness (QED) is 0.180. The largest absolute Gasteiger partial charge is 0.456 e. The van der Waals surface area contributed by atoms with Gasteiger partial charge in [0.05, 0.1) is 5.69 Å². The van der Waals surface area contributed by atoms with E-state index in [0.717, 1.165) is 45.3 Å². The van der Waals surface area contributed by atoms with Gasteiger partial charge in [0, 0.05) is 33.5 Å². The lowest BCUT2D eigenvalue weighted by Gasteiger charge is -2.30. The molecular formula is C51H37NO. The Morgan fingerprint density at radius 3 is 1.74 bits per heavy atom. The van der Waals surface area contributed by atoms with Crippen LogP contribution >= 0.6 is 0 Å². The number of rotatable bonds is 5. The third-order valence-corrected chi connectivity index (χ3v) is 11.1. The van der Waals surface area contributed by atoms with Crippen LogP contribution < -0.4 is 9.64 Å². The molecule has 252 valence electrons. The van der Waals surface area contributed by atoms with Gasteiger partial charge in [0.15, 0.2) is 0 Å². The number of hydrogen-bond donors (Lipinski definition) is 0. The van der Waals surface area contributed by atoms with Crippen LogP contribution in [0.2, 0.25) is 0 Å². The number of nitrogens with zero attached hydrogens (tertiary/aromatic N) is 1. The molecule has 1 heterocycles. The van der Waals surface area contributed by atoms with E-state index < -0.39 is 0 Å². The van der Waals surface area contributed by atoms with Crippen LogP contribution in [-0.2, 0) is 5.41 Å². The lowest BCUT2D eigenvalue weighted by atomic mass is 9.82. The third kappa shape index (κ3) is 5.02. The summed E-state index contributed by atoms with van der Waals surface area (Å²) < 4.78 is 6.94. The number of ether oxygens (including phenoxy) is 1. The van der Waals surface area contributed by atoms with Gasteiger partial charge in [-0.1, -0.05) is 159 Å². The highest BCUT2D eigenvalue weighted by molar-refractivity contribution is 6.04. The second-order valence-electron chi connectivity index (χ2n) is 14.5. The molecule has 1 aliphatic heterocycles. The molecule has 0 fully saturated rings. The molecule has 0 saturated carbocycles. The molecule has 0 saturated heterocycles. The molecule has 0 atom stereocenters. The van der Waals surface area contributed by atoms with Gasteiger partial charge >= 0.3 is 0 Å². The first kappa shape index (κ1) is 31.1. The Labute approximate surface area is 311 Å². The van der Waals surface area contributed by atoms with Gasteiger partial charge in [-0.15, -0.1) is 0 Å². The Morgan fingerprint density at radius 2 is 0.943 bits per heavy atom. The fourth-order valence-corrected chi connectivity index (χ4v) is 8.54. The average Bonchev–Trinajstić information content (AvgIpc) is 3.33. The summed E-state index contributed by atoms with van der Waals surface area (Å²) in [6.45, 7) is 4.70. The molecule has 8 aromatic rings.